The summed E-state index contributed by atoms with van der Waals surface area (Å²) in [6.07, 6.45) is 2.51. The van der Waals surface area contributed by atoms with Crippen molar-refractivity contribution in [1.29, 1.82) is 0 Å². The van der Waals surface area contributed by atoms with E-state index in [1.54, 1.807) is 0 Å². The first-order chi connectivity index (χ1) is 9.03. The van der Waals surface area contributed by atoms with Crippen LogP contribution in [0.15, 0.2) is 0 Å². The molecule has 3 nitrogen and oxygen atoms in total. The van der Waals surface area contributed by atoms with Crippen molar-refractivity contribution in [1.82, 2.24) is 0 Å². The molecular formula is C12H24Cl3O3P. The Hall–Kier alpha value is 1.18. The number of halogens is 3. The average Bonchev–Trinajstić information content (AvgIpc) is 2.44. The number of rotatable bonds is 12. The highest BCUT2D eigenvalue weighted by Crippen LogP contribution is 2.41. The quantitative estimate of drug-likeness (QED) is 0.351. The van der Waals surface area contributed by atoms with Gasteiger partial charge in [-0.25, -0.2) is 0 Å². The zero-order valence-corrected chi connectivity index (χ0v) is 14.9. The molecule has 3 atom stereocenters. The van der Waals surface area contributed by atoms with Gasteiger partial charge >= 0.3 is 8.60 Å². The fourth-order valence-electron chi connectivity index (χ4n) is 0.891. The van der Waals surface area contributed by atoms with Crippen molar-refractivity contribution in [3.63, 3.8) is 0 Å². The van der Waals surface area contributed by atoms with Crippen LogP contribution in [0.1, 0.15) is 40.0 Å². The van der Waals surface area contributed by atoms with E-state index >= 15 is 0 Å². The van der Waals surface area contributed by atoms with Crippen molar-refractivity contribution in [2.45, 2.75) is 56.2 Å². The summed E-state index contributed by atoms with van der Waals surface area (Å²) in [4.78, 5) is 0. The Morgan fingerprint density at radius 2 is 0.947 bits per heavy atom. The van der Waals surface area contributed by atoms with Crippen LogP contribution in [0.25, 0.3) is 0 Å². The molecule has 19 heavy (non-hydrogen) atoms. The predicted octanol–water partition coefficient (Wildman–Crippen LogP) is 5.32. The van der Waals surface area contributed by atoms with E-state index in [-0.39, 0.29) is 16.1 Å². The van der Waals surface area contributed by atoms with Gasteiger partial charge in [-0.2, -0.15) is 0 Å². The van der Waals surface area contributed by atoms with Gasteiger partial charge in [0.2, 0.25) is 0 Å². The highest BCUT2D eigenvalue weighted by Gasteiger charge is 2.18. The molecule has 0 amide bonds. The highest BCUT2D eigenvalue weighted by atomic mass is 35.5. The van der Waals surface area contributed by atoms with Crippen molar-refractivity contribution in [2.75, 3.05) is 19.8 Å². The lowest BCUT2D eigenvalue weighted by atomic mass is 10.4. The molecule has 0 fully saturated rings. The smallest absolute Gasteiger partial charge is 0.311 e. The van der Waals surface area contributed by atoms with Gasteiger partial charge in [0.25, 0.3) is 0 Å². The van der Waals surface area contributed by atoms with E-state index in [9.17, 15) is 0 Å². The molecule has 0 spiro atoms. The van der Waals surface area contributed by atoms with Gasteiger partial charge in [0, 0.05) is 0 Å². The van der Waals surface area contributed by atoms with Gasteiger partial charge < -0.3 is 13.6 Å². The molecule has 0 aliphatic rings. The Bertz CT molecular complexity index is 179. The van der Waals surface area contributed by atoms with E-state index in [1.807, 2.05) is 20.8 Å². The third kappa shape index (κ3) is 11.5. The van der Waals surface area contributed by atoms with Crippen molar-refractivity contribution in [3.8, 4) is 0 Å². The zero-order chi connectivity index (χ0) is 14.7. The first-order valence-corrected chi connectivity index (χ1v) is 9.04. The maximum absolute atomic E-state index is 6.01. The largest absolute Gasteiger partial charge is 0.332 e. The Balaban J connectivity index is 4.06. The zero-order valence-electron chi connectivity index (χ0n) is 11.8. The standard InChI is InChI=1S/C12H24Cl3O3P/c1-4-10(13)7-16-19(17-8-11(14)5-2)18-9-12(15)6-3/h10-12H,4-9H2,1-3H3. The Labute approximate surface area is 133 Å². The van der Waals surface area contributed by atoms with E-state index in [2.05, 4.69) is 0 Å². The molecule has 0 aromatic heterocycles. The molecule has 7 heteroatoms. The molecule has 0 aromatic rings. The molecule has 0 aromatic carbocycles. The van der Waals surface area contributed by atoms with Gasteiger partial charge in [-0.15, -0.1) is 34.8 Å². The fraction of sp³-hybridized carbons (Fsp3) is 1.00. The summed E-state index contributed by atoms with van der Waals surface area (Å²) in [6.45, 7) is 7.22. The number of alkyl halides is 3. The second-order valence-electron chi connectivity index (χ2n) is 4.13. The molecule has 0 N–H and O–H groups in total. The molecule has 0 aliphatic heterocycles. The van der Waals surface area contributed by atoms with E-state index in [0.29, 0.717) is 19.8 Å². The maximum Gasteiger partial charge on any atom is 0.332 e. The van der Waals surface area contributed by atoms with E-state index < -0.39 is 8.60 Å². The summed E-state index contributed by atoms with van der Waals surface area (Å²) in [7, 11) is -1.43. The second kappa shape index (κ2) is 12.9. The second-order valence-corrected chi connectivity index (χ2v) is 7.20. The van der Waals surface area contributed by atoms with Gasteiger partial charge in [0.1, 0.15) is 0 Å². The average molecular weight is 354 g/mol. The summed E-state index contributed by atoms with van der Waals surface area (Å²) in [6, 6.07) is 0. The van der Waals surface area contributed by atoms with Crippen LogP contribution < -0.4 is 0 Å². The molecule has 0 aliphatic carbocycles. The Kier molecular flexibility index (Phi) is 13.7. The fourth-order valence-corrected chi connectivity index (χ4v) is 2.47. The normalized spacial score (nSPS) is 18.0. The van der Waals surface area contributed by atoms with E-state index in [0.717, 1.165) is 19.3 Å². The summed E-state index contributed by atoms with van der Waals surface area (Å²) in [5.41, 5.74) is 0. The highest BCUT2D eigenvalue weighted by molar-refractivity contribution is 7.41. The lowest BCUT2D eigenvalue weighted by Gasteiger charge is -2.20. The van der Waals surface area contributed by atoms with Crippen LogP contribution >= 0.6 is 43.4 Å². The lowest BCUT2D eigenvalue weighted by molar-refractivity contribution is 0.158. The van der Waals surface area contributed by atoms with Crippen molar-refractivity contribution >= 4 is 43.4 Å². The minimum atomic E-state index is -1.43. The minimum absolute atomic E-state index is 0.0341. The van der Waals surface area contributed by atoms with Crippen LogP contribution in [0.2, 0.25) is 0 Å². The third-order valence-corrected chi connectivity index (χ3v) is 4.79. The first-order valence-electron chi connectivity index (χ1n) is 6.64. The van der Waals surface area contributed by atoms with Gasteiger partial charge in [-0.3, -0.25) is 0 Å². The first kappa shape index (κ1) is 20.2. The molecule has 0 radical (unpaired) electrons. The SMILES string of the molecule is CCC(Cl)COP(OCC(Cl)CC)OCC(Cl)CC. The monoisotopic (exact) mass is 352 g/mol. The predicted molar refractivity (Wildman–Crippen MR) is 84.6 cm³/mol. The van der Waals surface area contributed by atoms with Gasteiger partial charge in [0.15, 0.2) is 0 Å². The maximum atomic E-state index is 6.01. The topological polar surface area (TPSA) is 27.7 Å². The van der Waals surface area contributed by atoms with Crippen LogP contribution in [0.3, 0.4) is 0 Å². The Morgan fingerprint density at radius 3 is 1.16 bits per heavy atom. The van der Waals surface area contributed by atoms with E-state index in [4.69, 9.17) is 48.4 Å². The molecular weight excluding hydrogens is 329 g/mol. The van der Waals surface area contributed by atoms with Crippen LogP contribution in [-0.4, -0.2) is 36.0 Å². The Morgan fingerprint density at radius 1 is 0.684 bits per heavy atom. The van der Waals surface area contributed by atoms with E-state index in [1.165, 1.54) is 0 Å². The molecule has 3 unspecified atom stereocenters. The number of hydrogen-bond donors (Lipinski definition) is 0. The van der Waals surface area contributed by atoms with Crippen LogP contribution in [0.4, 0.5) is 0 Å². The summed E-state index contributed by atoms with van der Waals surface area (Å²) < 4.78 is 16.7. The van der Waals surface area contributed by atoms with Gasteiger partial charge in [-0.1, -0.05) is 20.8 Å². The minimum Gasteiger partial charge on any atom is -0.311 e. The van der Waals surface area contributed by atoms with Crippen LogP contribution in [0, 0.1) is 0 Å². The summed E-state index contributed by atoms with van der Waals surface area (Å²) >= 11 is 18.0. The van der Waals surface area contributed by atoms with Crippen LogP contribution in [-0.2, 0) is 13.6 Å². The van der Waals surface area contributed by atoms with Crippen molar-refractivity contribution in [3.05, 3.63) is 0 Å². The van der Waals surface area contributed by atoms with Crippen molar-refractivity contribution in [2.24, 2.45) is 0 Å². The van der Waals surface area contributed by atoms with Gasteiger partial charge in [-0.05, 0) is 19.3 Å². The lowest BCUT2D eigenvalue weighted by Crippen LogP contribution is -2.13. The summed E-state index contributed by atoms with van der Waals surface area (Å²) in [5, 5.41) is -0.102. The van der Waals surface area contributed by atoms with Crippen molar-refractivity contribution < 1.29 is 13.6 Å². The third-order valence-electron chi connectivity index (χ3n) is 2.41. The molecule has 0 saturated heterocycles. The molecule has 116 valence electrons. The molecule has 0 heterocycles. The van der Waals surface area contributed by atoms with Gasteiger partial charge in [0.05, 0.1) is 36.0 Å². The number of hydrogen-bond acceptors (Lipinski definition) is 3. The molecule has 0 rings (SSSR count). The molecule has 0 bridgehead atoms. The summed E-state index contributed by atoms with van der Waals surface area (Å²) in [5.74, 6) is 0. The van der Waals surface area contributed by atoms with Crippen LogP contribution in [0.5, 0.6) is 0 Å². The molecule has 0 saturated carbocycles.